The standard InChI is InChI=1S/C21H14ClN3O2S/c22-15-9-7-14(8-10-15)20(26)27-17-5-3-4-16(12-17)24-21-25-19(13-28-21)18-6-1-2-11-23-18/h1-13H,(H,24,25). The topological polar surface area (TPSA) is 64.1 Å². The van der Waals surface area contributed by atoms with Crippen LogP contribution in [0.4, 0.5) is 10.8 Å². The SMILES string of the molecule is O=C(Oc1cccc(Nc2nc(-c3ccccn3)cs2)c1)c1ccc(Cl)cc1. The molecule has 0 bridgehead atoms. The summed E-state index contributed by atoms with van der Waals surface area (Å²) in [6.45, 7) is 0. The Labute approximate surface area is 170 Å². The van der Waals surface area contributed by atoms with Crippen LogP contribution >= 0.6 is 22.9 Å². The summed E-state index contributed by atoms with van der Waals surface area (Å²) in [5, 5.41) is 6.46. The van der Waals surface area contributed by atoms with Crippen molar-refractivity contribution in [3.05, 3.63) is 88.9 Å². The highest BCUT2D eigenvalue weighted by molar-refractivity contribution is 7.14. The summed E-state index contributed by atoms with van der Waals surface area (Å²) in [4.78, 5) is 21.1. The summed E-state index contributed by atoms with van der Waals surface area (Å²) in [6, 6.07) is 19.4. The maximum Gasteiger partial charge on any atom is 0.343 e. The summed E-state index contributed by atoms with van der Waals surface area (Å²) < 4.78 is 5.44. The molecule has 0 amide bonds. The van der Waals surface area contributed by atoms with E-state index in [1.165, 1.54) is 11.3 Å². The van der Waals surface area contributed by atoms with Crippen LogP contribution in [0.3, 0.4) is 0 Å². The maximum absolute atomic E-state index is 12.3. The second-order valence-corrected chi connectivity index (χ2v) is 7.10. The predicted molar refractivity (Wildman–Crippen MR) is 111 cm³/mol. The van der Waals surface area contributed by atoms with Crippen molar-refractivity contribution < 1.29 is 9.53 Å². The van der Waals surface area contributed by atoms with Gasteiger partial charge in [-0.25, -0.2) is 9.78 Å². The number of thiazole rings is 1. The smallest absolute Gasteiger partial charge is 0.343 e. The first kappa shape index (κ1) is 18.2. The van der Waals surface area contributed by atoms with E-state index in [0.29, 0.717) is 16.3 Å². The number of halogens is 1. The first-order chi connectivity index (χ1) is 13.7. The summed E-state index contributed by atoms with van der Waals surface area (Å²) in [5.41, 5.74) is 2.82. The number of nitrogens with zero attached hydrogens (tertiary/aromatic N) is 2. The van der Waals surface area contributed by atoms with E-state index in [1.54, 1.807) is 48.7 Å². The zero-order valence-electron chi connectivity index (χ0n) is 14.5. The number of carbonyl (C=O) groups is 1. The van der Waals surface area contributed by atoms with Crippen molar-refractivity contribution in [3.8, 4) is 17.1 Å². The van der Waals surface area contributed by atoms with E-state index in [4.69, 9.17) is 16.3 Å². The quantitative estimate of drug-likeness (QED) is 0.333. The van der Waals surface area contributed by atoms with Crippen molar-refractivity contribution >= 4 is 39.7 Å². The third kappa shape index (κ3) is 4.36. The molecule has 5 nitrogen and oxygen atoms in total. The largest absolute Gasteiger partial charge is 0.423 e. The number of carbonyl (C=O) groups excluding carboxylic acids is 1. The molecule has 0 aliphatic rings. The second kappa shape index (κ2) is 8.21. The Morgan fingerprint density at radius 2 is 1.86 bits per heavy atom. The van der Waals surface area contributed by atoms with Crippen molar-refractivity contribution in [3.63, 3.8) is 0 Å². The zero-order valence-corrected chi connectivity index (χ0v) is 16.1. The van der Waals surface area contributed by atoms with E-state index in [-0.39, 0.29) is 0 Å². The number of benzene rings is 2. The third-order valence-corrected chi connectivity index (χ3v) is 4.82. The van der Waals surface area contributed by atoms with Crippen LogP contribution in [0, 0.1) is 0 Å². The summed E-state index contributed by atoms with van der Waals surface area (Å²) in [5.74, 6) is -0.00745. The van der Waals surface area contributed by atoms with E-state index in [9.17, 15) is 4.79 Å². The van der Waals surface area contributed by atoms with Gasteiger partial charge in [0.05, 0.1) is 11.3 Å². The average molecular weight is 408 g/mol. The van der Waals surface area contributed by atoms with Crippen molar-refractivity contribution in [1.29, 1.82) is 0 Å². The fourth-order valence-corrected chi connectivity index (χ4v) is 3.33. The van der Waals surface area contributed by atoms with Gasteiger partial charge in [0.1, 0.15) is 11.4 Å². The number of pyridine rings is 1. The number of aromatic nitrogens is 2. The fourth-order valence-electron chi connectivity index (χ4n) is 2.48. The average Bonchev–Trinajstić information content (AvgIpc) is 3.18. The molecule has 138 valence electrons. The molecular formula is C21H14ClN3O2S. The van der Waals surface area contributed by atoms with Crippen LogP contribution in [0.2, 0.25) is 5.02 Å². The minimum atomic E-state index is -0.444. The highest BCUT2D eigenvalue weighted by atomic mass is 35.5. The molecule has 0 atom stereocenters. The Kier molecular flexibility index (Phi) is 5.32. The lowest BCUT2D eigenvalue weighted by molar-refractivity contribution is 0.0735. The maximum atomic E-state index is 12.3. The molecule has 0 saturated heterocycles. The van der Waals surface area contributed by atoms with Crippen LogP contribution in [-0.2, 0) is 0 Å². The molecule has 0 fully saturated rings. The Morgan fingerprint density at radius 1 is 1.00 bits per heavy atom. The number of esters is 1. The monoisotopic (exact) mass is 407 g/mol. The Bertz CT molecular complexity index is 1100. The molecule has 0 spiro atoms. The lowest BCUT2D eigenvalue weighted by Crippen LogP contribution is -2.08. The summed E-state index contributed by atoms with van der Waals surface area (Å²) >= 11 is 7.32. The van der Waals surface area contributed by atoms with Crippen LogP contribution in [-0.4, -0.2) is 15.9 Å². The Balaban J connectivity index is 1.46. The molecule has 0 saturated carbocycles. The molecule has 2 heterocycles. The number of anilines is 2. The van der Waals surface area contributed by atoms with Gasteiger partial charge in [0.15, 0.2) is 5.13 Å². The molecule has 0 aliphatic carbocycles. The molecule has 1 N–H and O–H groups in total. The fraction of sp³-hybridized carbons (Fsp3) is 0. The number of hydrogen-bond donors (Lipinski definition) is 1. The van der Waals surface area contributed by atoms with Crippen molar-refractivity contribution in [2.24, 2.45) is 0 Å². The molecule has 0 unspecified atom stereocenters. The molecule has 0 radical (unpaired) electrons. The van der Waals surface area contributed by atoms with Gasteiger partial charge >= 0.3 is 5.97 Å². The number of hydrogen-bond acceptors (Lipinski definition) is 6. The van der Waals surface area contributed by atoms with Gasteiger partial charge in [-0.2, -0.15) is 0 Å². The van der Waals surface area contributed by atoms with Crippen molar-refractivity contribution in [1.82, 2.24) is 9.97 Å². The lowest BCUT2D eigenvalue weighted by atomic mass is 10.2. The van der Waals surface area contributed by atoms with Gasteiger partial charge in [-0.15, -0.1) is 11.3 Å². The van der Waals surface area contributed by atoms with E-state index in [0.717, 1.165) is 22.2 Å². The molecule has 4 aromatic rings. The van der Waals surface area contributed by atoms with Crippen LogP contribution in [0.25, 0.3) is 11.4 Å². The second-order valence-electron chi connectivity index (χ2n) is 5.80. The van der Waals surface area contributed by atoms with Gasteiger partial charge < -0.3 is 10.1 Å². The first-order valence-corrected chi connectivity index (χ1v) is 9.65. The van der Waals surface area contributed by atoms with Gasteiger partial charge in [-0.1, -0.05) is 23.7 Å². The van der Waals surface area contributed by atoms with Gasteiger partial charge in [0, 0.05) is 28.4 Å². The summed E-state index contributed by atoms with van der Waals surface area (Å²) in [6.07, 6.45) is 1.74. The van der Waals surface area contributed by atoms with Crippen molar-refractivity contribution in [2.75, 3.05) is 5.32 Å². The normalized spacial score (nSPS) is 10.5. The van der Waals surface area contributed by atoms with Gasteiger partial charge in [-0.05, 0) is 48.5 Å². The van der Waals surface area contributed by atoms with Gasteiger partial charge in [0.25, 0.3) is 0 Å². The van der Waals surface area contributed by atoms with Gasteiger partial charge in [-0.3, -0.25) is 4.98 Å². The Morgan fingerprint density at radius 3 is 2.64 bits per heavy atom. The molecule has 28 heavy (non-hydrogen) atoms. The van der Waals surface area contributed by atoms with E-state index in [2.05, 4.69) is 15.3 Å². The van der Waals surface area contributed by atoms with Crippen LogP contribution in [0.1, 0.15) is 10.4 Å². The molecular weight excluding hydrogens is 394 g/mol. The van der Waals surface area contributed by atoms with Crippen LogP contribution in [0.5, 0.6) is 5.75 Å². The van der Waals surface area contributed by atoms with Crippen molar-refractivity contribution in [2.45, 2.75) is 0 Å². The van der Waals surface area contributed by atoms with Crippen LogP contribution < -0.4 is 10.1 Å². The first-order valence-electron chi connectivity index (χ1n) is 8.39. The lowest BCUT2D eigenvalue weighted by Gasteiger charge is -2.07. The van der Waals surface area contributed by atoms with Gasteiger partial charge in [0.2, 0.25) is 0 Å². The molecule has 2 aromatic carbocycles. The minimum absolute atomic E-state index is 0.433. The molecule has 2 aromatic heterocycles. The molecule has 4 rings (SSSR count). The number of nitrogens with one attached hydrogen (secondary N) is 1. The summed E-state index contributed by atoms with van der Waals surface area (Å²) in [7, 11) is 0. The van der Waals surface area contributed by atoms with E-state index in [1.807, 2.05) is 29.6 Å². The number of ether oxygens (including phenoxy) is 1. The molecule has 7 heteroatoms. The van der Waals surface area contributed by atoms with Crippen LogP contribution in [0.15, 0.2) is 78.3 Å². The highest BCUT2D eigenvalue weighted by Crippen LogP contribution is 2.27. The third-order valence-electron chi connectivity index (χ3n) is 3.81. The number of rotatable bonds is 5. The Hall–Kier alpha value is -3.22. The molecule has 0 aliphatic heterocycles. The minimum Gasteiger partial charge on any atom is -0.423 e. The van der Waals surface area contributed by atoms with E-state index < -0.39 is 5.97 Å². The predicted octanol–water partition coefficient (Wildman–Crippen LogP) is 5.82. The van der Waals surface area contributed by atoms with E-state index >= 15 is 0 Å². The highest BCUT2D eigenvalue weighted by Gasteiger charge is 2.10. The zero-order chi connectivity index (χ0) is 19.3.